The number of hydrogen-bond donors (Lipinski definition) is 2. The summed E-state index contributed by atoms with van der Waals surface area (Å²) in [6, 6.07) is 9.93. The molecule has 0 aliphatic heterocycles. The molecule has 94 valence electrons. The lowest BCUT2D eigenvalue weighted by molar-refractivity contribution is 0.0299. The van der Waals surface area contributed by atoms with Gasteiger partial charge in [0.05, 0.1) is 19.3 Å². The zero-order valence-corrected chi connectivity index (χ0v) is 10.4. The smallest absolute Gasteiger partial charge is 0.0945 e. The van der Waals surface area contributed by atoms with Crippen LogP contribution < -0.4 is 5.32 Å². The molecule has 0 amide bonds. The number of nitrogens with one attached hydrogen (secondary N) is 1. The third kappa shape index (κ3) is 6.09. The predicted octanol–water partition coefficient (Wildman–Crippen LogP) is 2.08. The molecule has 0 heterocycles. The molecule has 0 fully saturated rings. The number of rotatable bonds is 8. The standard InChI is InChI=1S/C14H21NO2/c1-3-12(2)15-9-14(16)11-17-10-13-7-5-4-6-8-13/h4-8,14-16H,2-3,9-11H2,1H3. The SMILES string of the molecule is C=C(CC)NCC(O)COCc1ccccc1. The Morgan fingerprint density at radius 1 is 1.41 bits per heavy atom. The lowest BCUT2D eigenvalue weighted by Gasteiger charge is -2.13. The van der Waals surface area contributed by atoms with Crippen LogP contribution in [0.2, 0.25) is 0 Å². The Hall–Kier alpha value is -1.32. The van der Waals surface area contributed by atoms with Crippen LogP contribution in [0.4, 0.5) is 0 Å². The largest absolute Gasteiger partial charge is 0.389 e. The summed E-state index contributed by atoms with van der Waals surface area (Å²) in [5.74, 6) is 0. The summed E-state index contributed by atoms with van der Waals surface area (Å²) in [6.45, 7) is 7.19. The third-order valence-electron chi connectivity index (χ3n) is 2.44. The third-order valence-corrected chi connectivity index (χ3v) is 2.44. The average Bonchev–Trinajstić information content (AvgIpc) is 2.37. The fourth-order valence-electron chi connectivity index (χ4n) is 1.33. The Bertz CT molecular complexity index is 324. The van der Waals surface area contributed by atoms with Crippen molar-refractivity contribution in [1.29, 1.82) is 0 Å². The van der Waals surface area contributed by atoms with Crippen LogP contribution in [0.25, 0.3) is 0 Å². The zero-order chi connectivity index (χ0) is 12.5. The molecular formula is C14H21NO2. The van der Waals surface area contributed by atoms with E-state index in [1.165, 1.54) is 0 Å². The van der Waals surface area contributed by atoms with Crippen LogP contribution >= 0.6 is 0 Å². The van der Waals surface area contributed by atoms with E-state index >= 15 is 0 Å². The topological polar surface area (TPSA) is 41.5 Å². The summed E-state index contributed by atoms with van der Waals surface area (Å²) in [7, 11) is 0. The number of aliphatic hydroxyl groups is 1. The second-order valence-corrected chi connectivity index (χ2v) is 3.99. The monoisotopic (exact) mass is 235 g/mol. The van der Waals surface area contributed by atoms with Crippen LogP contribution in [0, 0.1) is 0 Å². The van der Waals surface area contributed by atoms with Gasteiger partial charge in [-0.2, -0.15) is 0 Å². The molecule has 0 saturated heterocycles. The molecule has 0 aromatic heterocycles. The van der Waals surface area contributed by atoms with Crippen LogP contribution in [0.1, 0.15) is 18.9 Å². The molecule has 0 bridgehead atoms. The van der Waals surface area contributed by atoms with E-state index in [9.17, 15) is 5.11 Å². The number of benzene rings is 1. The van der Waals surface area contributed by atoms with Gasteiger partial charge < -0.3 is 15.2 Å². The maximum absolute atomic E-state index is 9.64. The second-order valence-electron chi connectivity index (χ2n) is 3.99. The van der Waals surface area contributed by atoms with Gasteiger partial charge in [-0.1, -0.05) is 43.8 Å². The molecule has 1 unspecified atom stereocenters. The number of ether oxygens (including phenoxy) is 1. The molecule has 0 spiro atoms. The summed E-state index contributed by atoms with van der Waals surface area (Å²) in [6.07, 6.45) is 0.374. The number of hydrogen-bond acceptors (Lipinski definition) is 3. The highest BCUT2D eigenvalue weighted by Gasteiger charge is 2.04. The fourth-order valence-corrected chi connectivity index (χ4v) is 1.33. The van der Waals surface area contributed by atoms with Crippen molar-refractivity contribution in [2.24, 2.45) is 0 Å². The van der Waals surface area contributed by atoms with Gasteiger partial charge in [0.25, 0.3) is 0 Å². The van der Waals surface area contributed by atoms with E-state index < -0.39 is 6.10 Å². The van der Waals surface area contributed by atoms with Gasteiger partial charge in [-0.05, 0) is 12.0 Å². The highest BCUT2D eigenvalue weighted by molar-refractivity contribution is 5.13. The maximum atomic E-state index is 9.64. The van der Waals surface area contributed by atoms with E-state index in [1.54, 1.807) is 0 Å². The van der Waals surface area contributed by atoms with Gasteiger partial charge >= 0.3 is 0 Å². The van der Waals surface area contributed by atoms with Crippen molar-refractivity contribution in [2.45, 2.75) is 26.1 Å². The van der Waals surface area contributed by atoms with Crippen molar-refractivity contribution in [3.8, 4) is 0 Å². The molecule has 1 aromatic rings. The van der Waals surface area contributed by atoms with Gasteiger partial charge in [0.2, 0.25) is 0 Å². The summed E-state index contributed by atoms with van der Waals surface area (Å²) in [5.41, 5.74) is 2.05. The molecule has 0 saturated carbocycles. The lowest BCUT2D eigenvalue weighted by Crippen LogP contribution is -2.29. The number of allylic oxidation sites excluding steroid dienone is 1. The molecule has 2 N–H and O–H groups in total. The van der Waals surface area contributed by atoms with Crippen LogP contribution in [0.5, 0.6) is 0 Å². The van der Waals surface area contributed by atoms with Crippen LogP contribution in [-0.4, -0.2) is 24.4 Å². The first-order valence-electron chi connectivity index (χ1n) is 5.93. The van der Waals surface area contributed by atoms with E-state index in [0.717, 1.165) is 17.7 Å². The molecule has 1 aromatic carbocycles. The van der Waals surface area contributed by atoms with Crippen molar-refractivity contribution >= 4 is 0 Å². The average molecular weight is 235 g/mol. The molecule has 1 rings (SSSR count). The first-order chi connectivity index (χ1) is 8.22. The Morgan fingerprint density at radius 3 is 2.76 bits per heavy atom. The van der Waals surface area contributed by atoms with Gasteiger partial charge in [-0.15, -0.1) is 0 Å². The van der Waals surface area contributed by atoms with Gasteiger partial charge in [-0.3, -0.25) is 0 Å². The summed E-state index contributed by atoms with van der Waals surface area (Å²) in [4.78, 5) is 0. The highest BCUT2D eigenvalue weighted by atomic mass is 16.5. The summed E-state index contributed by atoms with van der Waals surface area (Å²) < 4.78 is 5.43. The summed E-state index contributed by atoms with van der Waals surface area (Å²) in [5, 5.41) is 12.7. The quantitative estimate of drug-likeness (QED) is 0.725. The summed E-state index contributed by atoms with van der Waals surface area (Å²) >= 11 is 0. The second kappa shape index (κ2) is 7.87. The van der Waals surface area contributed by atoms with Crippen LogP contribution in [0.15, 0.2) is 42.6 Å². The van der Waals surface area contributed by atoms with E-state index in [1.807, 2.05) is 37.3 Å². The van der Waals surface area contributed by atoms with E-state index in [2.05, 4.69) is 11.9 Å². The van der Waals surface area contributed by atoms with Gasteiger partial charge in [0.15, 0.2) is 0 Å². The maximum Gasteiger partial charge on any atom is 0.0945 e. The fraction of sp³-hybridized carbons (Fsp3) is 0.429. The Morgan fingerprint density at radius 2 is 2.12 bits per heavy atom. The minimum Gasteiger partial charge on any atom is -0.389 e. The molecule has 3 nitrogen and oxygen atoms in total. The van der Waals surface area contributed by atoms with Crippen molar-refractivity contribution in [2.75, 3.05) is 13.2 Å². The van der Waals surface area contributed by atoms with Crippen LogP contribution in [-0.2, 0) is 11.3 Å². The molecule has 1 atom stereocenters. The van der Waals surface area contributed by atoms with Gasteiger partial charge in [0, 0.05) is 12.2 Å². The molecular weight excluding hydrogens is 214 g/mol. The van der Waals surface area contributed by atoms with E-state index in [-0.39, 0.29) is 0 Å². The molecule has 0 radical (unpaired) electrons. The van der Waals surface area contributed by atoms with Gasteiger partial charge in [0.1, 0.15) is 0 Å². The van der Waals surface area contributed by atoms with Crippen molar-refractivity contribution in [3.05, 3.63) is 48.2 Å². The van der Waals surface area contributed by atoms with E-state index in [4.69, 9.17) is 4.74 Å². The van der Waals surface area contributed by atoms with Crippen LogP contribution in [0.3, 0.4) is 0 Å². The van der Waals surface area contributed by atoms with Crippen molar-refractivity contribution < 1.29 is 9.84 Å². The molecule has 17 heavy (non-hydrogen) atoms. The normalized spacial score (nSPS) is 12.1. The first-order valence-corrected chi connectivity index (χ1v) is 5.93. The molecule has 3 heteroatoms. The minimum absolute atomic E-state index is 0.332. The Balaban J connectivity index is 2.12. The Labute approximate surface area is 103 Å². The van der Waals surface area contributed by atoms with Crippen molar-refractivity contribution in [1.82, 2.24) is 5.32 Å². The van der Waals surface area contributed by atoms with Crippen molar-refractivity contribution in [3.63, 3.8) is 0 Å². The minimum atomic E-state index is -0.498. The zero-order valence-electron chi connectivity index (χ0n) is 10.4. The lowest BCUT2D eigenvalue weighted by atomic mass is 10.2. The first kappa shape index (κ1) is 13.7. The molecule has 0 aliphatic rings. The predicted molar refractivity (Wildman–Crippen MR) is 69.5 cm³/mol. The number of aliphatic hydroxyl groups excluding tert-OH is 1. The highest BCUT2D eigenvalue weighted by Crippen LogP contribution is 2.01. The van der Waals surface area contributed by atoms with E-state index in [0.29, 0.717) is 19.8 Å². The van der Waals surface area contributed by atoms with Gasteiger partial charge in [-0.25, -0.2) is 0 Å². The Kier molecular flexibility index (Phi) is 6.37. The molecule has 0 aliphatic carbocycles.